The van der Waals surface area contributed by atoms with Gasteiger partial charge in [0.25, 0.3) is 0 Å². The molecule has 1 aromatic rings. The van der Waals surface area contributed by atoms with E-state index in [-0.39, 0.29) is 0 Å². The molecule has 0 atom stereocenters. The lowest BCUT2D eigenvalue weighted by atomic mass is 10.1. The van der Waals surface area contributed by atoms with Gasteiger partial charge in [-0.05, 0) is 43.8 Å². The molecule has 0 aliphatic rings. The van der Waals surface area contributed by atoms with Gasteiger partial charge in [-0.2, -0.15) is 0 Å². The number of unbranched alkanes of at least 4 members (excludes halogenated alkanes) is 1. The molecule has 96 valence electrons. The van der Waals surface area contributed by atoms with Gasteiger partial charge in [-0.15, -0.1) is 0 Å². The van der Waals surface area contributed by atoms with Crippen LogP contribution in [0.3, 0.4) is 0 Å². The lowest BCUT2D eigenvalue weighted by Crippen LogP contribution is -2.17. The van der Waals surface area contributed by atoms with Crippen LogP contribution in [0.25, 0.3) is 0 Å². The summed E-state index contributed by atoms with van der Waals surface area (Å²) in [6, 6.07) is 10.7. The van der Waals surface area contributed by atoms with E-state index < -0.39 is 0 Å². The van der Waals surface area contributed by atoms with Crippen LogP contribution in [-0.2, 0) is 6.42 Å². The Morgan fingerprint density at radius 3 is 2.35 bits per heavy atom. The molecule has 0 heterocycles. The molecule has 0 aliphatic carbocycles. The molecule has 0 fully saturated rings. The fourth-order valence-corrected chi connectivity index (χ4v) is 1.99. The predicted octanol–water partition coefficient (Wildman–Crippen LogP) is 4.04. The smallest absolute Gasteiger partial charge is 0.00457 e. The molecule has 1 aromatic carbocycles. The summed E-state index contributed by atoms with van der Waals surface area (Å²) in [5, 5.41) is 3.53. The third kappa shape index (κ3) is 7.98. The van der Waals surface area contributed by atoms with Crippen LogP contribution in [0.5, 0.6) is 0 Å². The molecule has 0 radical (unpaired) electrons. The van der Waals surface area contributed by atoms with E-state index in [1.54, 1.807) is 0 Å². The van der Waals surface area contributed by atoms with Gasteiger partial charge >= 0.3 is 0 Å². The zero-order valence-electron chi connectivity index (χ0n) is 11.4. The lowest BCUT2D eigenvalue weighted by molar-refractivity contribution is 0.518. The second-order valence-corrected chi connectivity index (χ2v) is 5.23. The summed E-state index contributed by atoms with van der Waals surface area (Å²) in [7, 11) is 0. The minimum atomic E-state index is 0.855. The van der Waals surface area contributed by atoms with Crippen LogP contribution in [0, 0.1) is 5.92 Å². The minimum Gasteiger partial charge on any atom is -0.317 e. The Bertz CT molecular complexity index is 266. The summed E-state index contributed by atoms with van der Waals surface area (Å²) in [4.78, 5) is 0. The molecule has 0 aromatic heterocycles. The van der Waals surface area contributed by atoms with E-state index in [2.05, 4.69) is 49.5 Å². The van der Waals surface area contributed by atoms with Gasteiger partial charge in [-0.1, -0.05) is 57.0 Å². The molecule has 0 spiro atoms. The summed E-state index contributed by atoms with van der Waals surface area (Å²) in [6.07, 6.45) is 6.49. The summed E-state index contributed by atoms with van der Waals surface area (Å²) in [5.74, 6) is 0.855. The largest absolute Gasteiger partial charge is 0.317 e. The zero-order valence-corrected chi connectivity index (χ0v) is 11.4. The van der Waals surface area contributed by atoms with Gasteiger partial charge in [0.15, 0.2) is 0 Å². The SMILES string of the molecule is CC(C)CCCCNCCCc1ccccc1. The highest BCUT2D eigenvalue weighted by Crippen LogP contribution is 2.05. The molecule has 0 unspecified atom stereocenters. The zero-order chi connectivity index (χ0) is 12.3. The fourth-order valence-electron chi connectivity index (χ4n) is 1.99. The van der Waals surface area contributed by atoms with E-state index in [0.717, 1.165) is 12.5 Å². The minimum absolute atomic E-state index is 0.855. The van der Waals surface area contributed by atoms with E-state index in [4.69, 9.17) is 0 Å². The van der Waals surface area contributed by atoms with Crippen LogP contribution in [0.15, 0.2) is 30.3 Å². The molecule has 1 rings (SSSR count). The highest BCUT2D eigenvalue weighted by Gasteiger charge is 1.94. The standard InChI is InChI=1S/C16H27N/c1-15(2)9-6-7-13-17-14-8-12-16-10-4-3-5-11-16/h3-5,10-11,15,17H,6-9,12-14H2,1-2H3. The van der Waals surface area contributed by atoms with E-state index in [1.807, 2.05) is 0 Å². The summed E-state index contributed by atoms with van der Waals surface area (Å²) in [5.41, 5.74) is 1.45. The monoisotopic (exact) mass is 233 g/mol. The first-order valence-corrected chi connectivity index (χ1v) is 7.03. The Kier molecular flexibility index (Phi) is 7.74. The molecule has 1 nitrogen and oxygen atoms in total. The number of nitrogens with one attached hydrogen (secondary N) is 1. The second kappa shape index (κ2) is 9.23. The third-order valence-corrected chi connectivity index (χ3v) is 3.05. The number of hydrogen-bond acceptors (Lipinski definition) is 1. The van der Waals surface area contributed by atoms with Crippen LogP contribution >= 0.6 is 0 Å². The lowest BCUT2D eigenvalue weighted by Gasteiger charge is -2.06. The molecule has 1 N–H and O–H groups in total. The van der Waals surface area contributed by atoms with E-state index in [1.165, 1.54) is 44.2 Å². The molecular weight excluding hydrogens is 206 g/mol. The van der Waals surface area contributed by atoms with Crippen molar-refractivity contribution in [2.45, 2.75) is 46.0 Å². The summed E-state index contributed by atoms with van der Waals surface area (Å²) >= 11 is 0. The molecule has 17 heavy (non-hydrogen) atoms. The van der Waals surface area contributed by atoms with E-state index >= 15 is 0 Å². The molecule has 0 aliphatic heterocycles. The summed E-state index contributed by atoms with van der Waals surface area (Å²) < 4.78 is 0. The maximum Gasteiger partial charge on any atom is -0.00457 e. The molecule has 0 saturated heterocycles. The first kappa shape index (κ1) is 14.2. The molecule has 0 bridgehead atoms. The Morgan fingerprint density at radius 2 is 1.65 bits per heavy atom. The molecule has 1 heteroatoms. The van der Waals surface area contributed by atoms with E-state index in [0.29, 0.717) is 0 Å². The Labute approximate surface area is 107 Å². The van der Waals surface area contributed by atoms with Crippen molar-refractivity contribution in [2.24, 2.45) is 5.92 Å². The van der Waals surface area contributed by atoms with Gasteiger partial charge in [0.2, 0.25) is 0 Å². The van der Waals surface area contributed by atoms with Crippen molar-refractivity contribution >= 4 is 0 Å². The predicted molar refractivity (Wildman–Crippen MR) is 76.3 cm³/mol. The molecule has 0 saturated carbocycles. The average molecular weight is 233 g/mol. The maximum absolute atomic E-state index is 3.53. The quantitative estimate of drug-likeness (QED) is 0.635. The van der Waals surface area contributed by atoms with Gasteiger partial charge < -0.3 is 5.32 Å². The number of rotatable bonds is 9. The van der Waals surface area contributed by atoms with Crippen LogP contribution in [0.1, 0.15) is 45.1 Å². The van der Waals surface area contributed by atoms with Gasteiger partial charge in [-0.3, -0.25) is 0 Å². The Hall–Kier alpha value is -0.820. The van der Waals surface area contributed by atoms with Crippen LogP contribution in [-0.4, -0.2) is 13.1 Å². The maximum atomic E-state index is 3.53. The van der Waals surface area contributed by atoms with Gasteiger partial charge in [0, 0.05) is 0 Å². The van der Waals surface area contributed by atoms with Gasteiger partial charge in [0.05, 0.1) is 0 Å². The van der Waals surface area contributed by atoms with Crippen molar-refractivity contribution in [3.63, 3.8) is 0 Å². The Morgan fingerprint density at radius 1 is 0.941 bits per heavy atom. The number of hydrogen-bond donors (Lipinski definition) is 1. The molecule has 0 amide bonds. The van der Waals surface area contributed by atoms with Crippen LogP contribution in [0.4, 0.5) is 0 Å². The third-order valence-electron chi connectivity index (χ3n) is 3.05. The van der Waals surface area contributed by atoms with Crippen LogP contribution < -0.4 is 5.32 Å². The van der Waals surface area contributed by atoms with E-state index in [9.17, 15) is 0 Å². The highest BCUT2D eigenvalue weighted by molar-refractivity contribution is 5.14. The van der Waals surface area contributed by atoms with Crippen molar-refractivity contribution in [3.8, 4) is 0 Å². The topological polar surface area (TPSA) is 12.0 Å². The average Bonchev–Trinajstić information content (AvgIpc) is 2.33. The normalized spacial score (nSPS) is 11.0. The first-order valence-electron chi connectivity index (χ1n) is 7.03. The van der Waals surface area contributed by atoms with Crippen molar-refractivity contribution in [3.05, 3.63) is 35.9 Å². The van der Waals surface area contributed by atoms with Crippen molar-refractivity contribution in [2.75, 3.05) is 13.1 Å². The van der Waals surface area contributed by atoms with Gasteiger partial charge in [-0.25, -0.2) is 0 Å². The van der Waals surface area contributed by atoms with Crippen molar-refractivity contribution < 1.29 is 0 Å². The number of benzene rings is 1. The Balaban J connectivity index is 1.88. The number of aryl methyl sites for hydroxylation is 1. The second-order valence-electron chi connectivity index (χ2n) is 5.23. The summed E-state index contributed by atoms with van der Waals surface area (Å²) in [6.45, 7) is 6.93. The highest BCUT2D eigenvalue weighted by atomic mass is 14.8. The van der Waals surface area contributed by atoms with Crippen molar-refractivity contribution in [1.82, 2.24) is 5.32 Å². The van der Waals surface area contributed by atoms with Crippen LogP contribution in [0.2, 0.25) is 0 Å². The fraction of sp³-hybridized carbons (Fsp3) is 0.625. The van der Waals surface area contributed by atoms with Crippen molar-refractivity contribution in [1.29, 1.82) is 0 Å². The first-order chi connectivity index (χ1) is 8.29. The van der Waals surface area contributed by atoms with Gasteiger partial charge in [0.1, 0.15) is 0 Å². The molecular formula is C16H27N.